The van der Waals surface area contributed by atoms with Crippen molar-refractivity contribution in [2.45, 2.75) is 6.04 Å². The quantitative estimate of drug-likeness (QED) is 0.689. The third-order valence-corrected chi connectivity index (χ3v) is 4.30. The topological polar surface area (TPSA) is 26.0 Å². The van der Waals surface area contributed by atoms with Gasteiger partial charge in [-0.05, 0) is 35.9 Å². The molecule has 18 heavy (non-hydrogen) atoms. The van der Waals surface area contributed by atoms with Gasteiger partial charge in [-0.3, -0.25) is 0 Å². The van der Waals surface area contributed by atoms with Crippen LogP contribution in [0.1, 0.15) is 17.2 Å². The normalized spacial score (nSPS) is 12.5. The highest BCUT2D eigenvalue weighted by molar-refractivity contribution is 9.11. The molecular weight excluding hydrogens is 429 g/mol. The van der Waals surface area contributed by atoms with Crippen LogP contribution in [0.15, 0.2) is 49.8 Å². The molecule has 1 unspecified atom stereocenters. The highest BCUT2D eigenvalue weighted by atomic mass is 79.9. The van der Waals surface area contributed by atoms with Gasteiger partial charge in [-0.2, -0.15) is 0 Å². The number of nitrogens with two attached hydrogens (primary N) is 1. The third-order valence-electron chi connectivity index (χ3n) is 2.59. The van der Waals surface area contributed by atoms with Crippen molar-refractivity contribution in [1.29, 1.82) is 0 Å². The van der Waals surface area contributed by atoms with Crippen LogP contribution < -0.4 is 5.73 Å². The average molecular weight is 438 g/mol. The van der Waals surface area contributed by atoms with Crippen LogP contribution in [0.5, 0.6) is 0 Å². The number of hydrogen-bond acceptors (Lipinski definition) is 1. The van der Waals surface area contributed by atoms with Gasteiger partial charge < -0.3 is 5.73 Å². The maximum Gasteiger partial charge on any atom is 0.129 e. The first-order valence-corrected chi connectivity index (χ1v) is 7.52. The van der Waals surface area contributed by atoms with E-state index in [9.17, 15) is 4.39 Å². The van der Waals surface area contributed by atoms with E-state index >= 15 is 0 Å². The first-order chi connectivity index (χ1) is 8.49. The molecule has 0 spiro atoms. The second-order valence-corrected chi connectivity index (χ2v) is 6.50. The lowest BCUT2D eigenvalue weighted by Crippen LogP contribution is -2.14. The van der Waals surface area contributed by atoms with Gasteiger partial charge in [-0.25, -0.2) is 4.39 Å². The second kappa shape index (κ2) is 5.82. The van der Waals surface area contributed by atoms with Gasteiger partial charge in [0, 0.05) is 19.0 Å². The fourth-order valence-corrected chi connectivity index (χ4v) is 2.88. The van der Waals surface area contributed by atoms with Crippen LogP contribution in [0, 0.1) is 5.82 Å². The molecule has 0 heterocycles. The summed E-state index contributed by atoms with van der Waals surface area (Å²) >= 11 is 10.1. The predicted octanol–water partition coefficient (Wildman–Crippen LogP) is 5.16. The second-order valence-electron chi connectivity index (χ2n) is 3.81. The molecule has 0 saturated carbocycles. The number of hydrogen-bond donors (Lipinski definition) is 1. The SMILES string of the molecule is NC(c1ccc(Br)cc1F)c1cc(Br)ccc1Br. The van der Waals surface area contributed by atoms with Crippen LogP contribution in [-0.4, -0.2) is 0 Å². The minimum absolute atomic E-state index is 0.316. The number of rotatable bonds is 2. The molecule has 2 N–H and O–H groups in total. The van der Waals surface area contributed by atoms with Crippen molar-refractivity contribution in [2.75, 3.05) is 0 Å². The van der Waals surface area contributed by atoms with E-state index in [2.05, 4.69) is 47.8 Å². The van der Waals surface area contributed by atoms with E-state index in [4.69, 9.17) is 5.73 Å². The minimum Gasteiger partial charge on any atom is -0.320 e. The van der Waals surface area contributed by atoms with Crippen molar-refractivity contribution < 1.29 is 4.39 Å². The molecule has 0 aromatic heterocycles. The average Bonchev–Trinajstić information content (AvgIpc) is 2.31. The van der Waals surface area contributed by atoms with Gasteiger partial charge in [0.15, 0.2) is 0 Å². The summed E-state index contributed by atoms with van der Waals surface area (Å²) in [5.74, 6) is -0.316. The molecule has 5 heteroatoms. The largest absolute Gasteiger partial charge is 0.320 e. The van der Waals surface area contributed by atoms with Crippen molar-refractivity contribution in [2.24, 2.45) is 5.73 Å². The zero-order chi connectivity index (χ0) is 13.3. The van der Waals surface area contributed by atoms with Crippen molar-refractivity contribution in [3.8, 4) is 0 Å². The smallest absolute Gasteiger partial charge is 0.129 e. The predicted molar refractivity (Wildman–Crippen MR) is 82.0 cm³/mol. The summed E-state index contributed by atoms with van der Waals surface area (Å²) in [6, 6.07) is 10.1. The molecule has 0 amide bonds. The molecule has 2 aromatic carbocycles. The summed E-state index contributed by atoms with van der Waals surface area (Å²) in [5.41, 5.74) is 7.44. The van der Waals surface area contributed by atoms with Crippen molar-refractivity contribution in [1.82, 2.24) is 0 Å². The molecule has 94 valence electrons. The molecule has 0 saturated heterocycles. The Morgan fingerprint density at radius 3 is 2.17 bits per heavy atom. The Kier molecular flexibility index (Phi) is 4.59. The molecule has 0 bridgehead atoms. The Labute approximate surface area is 130 Å². The van der Waals surface area contributed by atoms with Crippen LogP contribution in [0.2, 0.25) is 0 Å². The zero-order valence-electron chi connectivity index (χ0n) is 9.13. The lowest BCUT2D eigenvalue weighted by molar-refractivity contribution is 0.598. The van der Waals surface area contributed by atoms with Gasteiger partial charge in [-0.1, -0.05) is 53.9 Å². The molecule has 0 aliphatic carbocycles. The summed E-state index contributed by atoms with van der Waals surface area (Å²) < 4.78 is 16.4. The van der Waals surface area contributed by atoms with E-state index in [-0.39, 0.29) is 5.82 Å². The zero-order valence-corrected chi connectivity index (χ0v) is 13.9. The lowest BCUT2D eigenvalue weighted by Gasteiger charge is -2.15. The number of halogens is 4. The highest BCUT2D eigenvalue weighted by Gasteiger charge is 2.16. The summed E-state index contributed by atoms with van der Waals surface area (Å²) in [7, 11) is 0. The Balaban J connectivity index is 2.47. The molecule has 1 atom stereocenters. The van der Waals surface area contributed by atoms with Crippen LogP contribution >= 0.6 is 47.8 Å². The molecule has 0 radical (unpaired) electrons. The fourth-order valence-electron chi connectivity index (χ4n) is 1.67. The van der Waals surface area contributed by atoms with E-state index < -0.39 is 6.04 Å². The summed E-state index contributed by atoms with van der Waals surface area (Å²) in [4.78, 5) is 0. The van der Waals surface area contributed by atoms with Crippen LogP contribution in [0.3, 0.4) is 0 Å². The van der Waals surface area contributed by atoms with Gasteiger partial charge in [-0.15, -0.1) is 0 Å². The molecular formula is C13H9Br3FN. The number of benzene rings is 2. The lowest BCUT2D eigenvalue weighted by atomic mass is 9.99. The van der Waals surface area contributed by atoms with E-state index in [1.807, 2.05) is 18.2 Å². The van der Waals surface area contributed by atoms with E-state index in [1.54, 1.807) is 12.1 Å². The molecule has 2 aromatic rings. The van der Waals surface area contributed by atoms with Gasteiger partial charge in [0.05, 0.1) is 6.04 Å². The van der Waals surface area contributed by atoms with Gasteiger partial charge >= 0.3 is 0 Å². The maximum atomic E-state index is 13.9. The van der Waals surface area contributed by atoms with Gasteiger partial charge in [0.25, 0.3) is 0 Å². The molecule has 0 aliphatic heterocycles. The highest BCUT2D eigenvalue weighted by Crippen LogP contribution is 2.31. The van der Waals surface area contributed by atoms with Crippen molar-refractivity contribution in [3.05, 3.63) is 66.8 Å². The van der Waals surface area contributed by atoms with Crippen LogP contribution in [0.25, 0.3) is 0 Å². The van der Waals surface area contributed by atoms with Gasteiger partial charge in [0.1, 0.15) is 5.82 Å². The van der Waals surface area contributed by atoms with E-state index in [0.717, 1.165) is 14.5 Å². The van der Waals surface area contributed by atoms with Crippen LogP contribution in [-0.2, 0) is 0 Å². The minimum atomic E-state index is -0.509. The van der Waals surface area contributed by atoms with E-state index in [1.165, 1.54) is 6.07 Å². The summed E-state index contributed by atoms with van der Waals surface area (Å²) in [6.45, 7) is 0. The Hall–Kier alpha value is -0.230. The summed E-state index contributed by atoms with van der Waals surface area (Å²) in [5, 5.41) is 0. The molecule has 0 fully saturated rings. The third kappa shape index (κ3) is 3.02. The van der Waals surface area contributed by atoms with Crippen molar-refractivity contribution >= 4 is 47.8 Å². The standard InChI is InChI=1S/C13H9Br3FN/c14-7-2-4-11(16)10(5-7)13(18)9-3-1-8(15)6-12(9)17/h1-6,13H,18H2. The monoisotopic (exact) mass is 435 g/mol. The van der Waals surface area contributed by atoms with E-state index in [0.29, 0.717) is 10.0 Å². The first-order valence-electron chi connectivity index (χ1n) is 5.14. The Morgan fingerprint density at radius 1 is 0.889 bits per heavy atom. The first kappa shape index (κ1) is 14.2. The maximum absolute atomic E-state index is 13.9. The summed E-state index contributed by atoms with van der Waals surface area (Å²) in [6.07, 6.45) is 0. The van der Waals surface area contributed by atoms with Crippen LogP contribution in [0.4, 0.5) is 4.39 Å². The molecule has 1 nitrogen and oxygen atoms in total. The Morgan fingerprint density at radius 2 is 1.50 bits per heavy atom. The fraction of sp³-hybridized carbons (Fsp3) is 0.0769. The molecule has 2 rings (SSSR count). The van der Waals surface area contributed by atoms with Gasteiger partial charge in [0.2, 0.25) is 0 Å². The molecule has 0 aliphatic rings. The Bertz CT molecular complexity index is 586. The van der Waals surface area contributed by atoms with Crippen molar-refractivity contribution in [3.63, 3.8) is 0 Å².